The molecule has 2 aromatic carbocycles. The van der Waals surface area contributed by atoms with Crippen molar-refractivity contribution in [2.24, 2.45) is 5.73 Å². The van der Waals surface area contributed by atoms with E-state index in [-0.39, 0.29) is 6.04 Å². The Labute approximate surface area is 127 Å². The van der Waals surface area contributed by atoms with Crippen LogP contribution in [-0.4, -0.2) is 0 Å². The smallest absolute Gasteiger partial charge is 0.134 e. The van der Waals surface area contributed by atoms with Gasteiger partial charge in [-0.3, -0.25) is 0 Å². The van der Waals surface area contributed by atoms with Crippen molar-refractivity contribution in [3.05, 3.63) is 69.9 Å². The maximum Gasteiger partial charge on any atom is 0.134 e. The number of nitrogens with zero attached hydrogens (tertiary/aromatic N) is 1. The number of benzene rings is 2. The van der Waals surface area contributed by atoms with Crippen molar-refractivity contribution in [2.75, 3.05) is 0 Å². The average Bonchev–Trinajstić information content (AvgIpc) is 2.83. The number of rotatable bonds is 2. The first-order valence-corrected chi connectivity index (χ1v) is 6.92. The van der Waals surface area contributed by atoms with Crippen LogP contribution in [0.15, 0.2) is 46.9 Å². The van der Waals surface area contributed by atoms with Crippen LogP contribution in [0.2, 0.25) is 5.02 Å². The molecule has 21 heavy (non-hydrogen) atoms. The predicted octanol–water partition coefficient (Wildman–Crippen LogP) is 4.31. The Morgan fingerprint density at radius 2 is 1.90 bits per heavy atom. The van der Waals surface area contributed by atoms with Crippen LogP contribution in [0.25, 0.3) is 11.0 Å². The lowest BCUT2D eigenvalue weighted by Gasteiger charge is -2.10. The third kappa shape index (κ3) is 2.40. The highest BCUT2D eigenvalue weighted by Crippen LogP contribution is 2.32. The van der Waals surface area contributed by atoms with Crippen molar-refractivity contribution in [1.82, 2.24) is 0 Å². The van der Waals surface area contributed by atoms with E-state index in [0.717, 1.165) is 27.9 Å². The van der Waals surface area contributed by atoms with Gasteiger partial charge in [-0.2, -0.15) is 5.26 Å². The van der Waals surface area contributed by atoms with Crippen LogP contribution in [0.5, 0.6) is 0 Å². The van der Waals surface area contributed by atoms with Crippen LogP contribution >= 0.6 is 11.6 Å². The summed E-state index contributed by atoms with van der Waals surface area (Å²) in [6.45, 7) is 1.97. The molecule has 0 saturated carbocycles. The fourth-order valence-corrected chi connectivity index (χ4v) is 2.60. The minimum Gasteiger partial charge on any atom is -0.459 e. The number of hydrogen-bond donors (Lipinski definition) is 1. The summed E-state index contributed by atoms with van der Waals surface area (Å²) in [4.78, 5) is 0. The highest BCUT2D eigenvalue weighted by atomic mass is 35.5. The van der Waals surface area contributed by atoms with Gasteiger partial charge in [-0.1, -0.05) is 23.7 Å². The van der Waals surface area contributed by atoms with E-state index < -0.39 is 0 Å². The molecule has 0 saturated heterocycles. The summed E-state index contributed by atoms with van der Waals surface area (Å²) in [5.41, 5.74) is 9.58. The molecule has 0 bridgehead atoms. The second-order valence-electron chi connectivity index (χ2n) is 4.94. The molecule has 3 rings (SSSR count). The lowest BCUT2D eigenvalue weighted by Crippen LogP contribution is -2.11. The maximum absolute atomic E-state index is 8.84. The van der Waals surface area contributed by atoms with Crippen molar-refractivity contribution in [3.8, 4) is 6.07 Å². The molecule has 104 valence electrons. The molecule has 1 unspecified atom stereocenters. The number of fused-ring (bicyclic) bond motifs is 1. The topological polar surface area (TPSA) is 63.0 Å². The molecule has 0 aliphatic heterocycles. The summed E-state index contributed by atoms with van der Waals surface area (Å²) in [6, 6.07) is 14.5. The van der Waals surface area contributed by atoms with Crippen LogP contribution in [0.1, 0.15) is 28.5 Å². The van der Waals surface area contributed by atoms with E-state index in [1.807, 2.05) is 31.2 Å². The summed E-state index contributed by atoms with van der Waals surface area (Å²) in [5.74, 6) is 0.719. The second-order valence-corrected chi connectivity index (χ2v) is 5.38. The Morgan fingerprint density at radius 3 is 2.57 bits per heavy atom. The highest BCUT2D eigenvalue weighted by Gasteiger charge is 2.18. The molecule has 3 aromatic rings. The van der Waals surface area contributed by atoms with Gasteiger partial charge in [-0.15, -0.1) is 0 Å². The molecular weight excluding hydrogens is 284 g/mol. The van der Waals surface area contributed by atoms with Gasteiger partial charge in [0.2, 0.25) is 0 Å². The third-order valence-electron chi connectivity index (χ3n) is 3.62. The largest absolute Gasteiger partial charge is 0.459 e. The Balaban J connectivity index is 2.06. The van der Waals surface area contributed by atoms with E-state index in [1.54, 1.807) is 18.2 Å². The first-order chi connectivity index (χ1) is 10.1. The number of nitriles is 1. The number of hydrogen-bond acceptors (Lipinski definition) is 3. The number of nitrogens with two attached hydrogens (primary N) is 1. The number of halogens is 1. The van der Waals surface area contributed by atoms with E-state index >= 15 is 0 Å². The molecule has 0 spiro atoms. The van der Waals surface area contributed by atoms with Crippen molar-refractivity contribution in [3.63, 3.8) is 0 Å². The van der Waals surface area contributed by atoms with E-state index in [0.29, 0.717) is 10.6 Å². The molecular formula is C17H13ClN2O. The Morgan fingerprint density at radius 1 is 1.19 bits per heavy atom. The fourth-order valence-electron chi connectivity index (χ4n) is 2.43. The van der Waals surface area contributed by atoms with Gasteiger partial charge >= 0.3 is 0 Å². The first kappa shape index (κ1) is 13.7. The molecule has 0 aliphatic rings. The van der Waals surface area contributed by atoms with E-state index in [9.17, 15) is 0 Å². The van der Waals surface area contributed by atoms with Crippen molar-refractivity contribution < 1.29 is 4.42 Å². The standard InChI is InChI=1S/C17H13ClN2O/c1-10-14-8-13(18)6-7-15(14)21-17(10)16(20)12-4-2-11(9-19)3-5-12/h2-8,16H,20H2,1H3. The summed E-state index contributed by atoms with van der Waals surface area (Å²) in [5, 5.41) is 10.5. The molecule has 1 aromatic heterocycles. The van der Waals surface area contributed by atoms with Gasteiger partial charge in [0.15, 0.2) is 0 Å². The second kappa shape index (κ2) is 5.25. The highest BCUT2D eigenvalue weighted by molar-refractivity contribution is 6.31. The Kier molecular flexibility index (Phi) is 3.42. The van der Waals surface area contributed by atoms with Gasteiger partial charge in [0.05, 0.1) is 17.7 Å². The van der Waals surface area contributed by atoms with E-state index in [2.05, 4.69) is 6.07 Å². The normalized spacial score (nSPS) is 12.3. The molecule has 0 fully saturated rings. The van der Waals surface area contributed by atoms with Crippen LogP contribution in [0.4, 0.5) is 0 Å². The average molecular weight is 297 g/mol. The molecule has 0 amide bonds. The van der Waals surface area contributed by atoms with Crippen LogP contribution in [0.3, 0.4) is 0 Å². The lowest BCUT2D eigenvalue weighted by atomic mass is 10.0. The molecule has 1 atom stereocenters. The van der Waals surface area contributed by atoms with Crippen LogP contribution in [0, 0.1) is 18.3 Å². The lowest BCUT2D eigenvalue weighted by molar-refractivity contribution is 0.521. The maximum atomic E-state index is 8.84. The number of aryl methyl sites for hydroxylation is 1. The zero-order valence-electron chi connectivity index (χ0n) is 11.4. The molecule has 4 heteroatoms. The predicted molar refractivity (Wildman–Crippen MR) is 83.1 cm³/mol. The molecule has 2 N–H and O–H groups in total. The minimum atomic E-state index is -0.371. The third-order valence-corrected chi connectivity index (χ3v) is 3.85. The summed E-state index contributed by atoms with van der Waals surface area (Å²) in [6.07, 6.45) is 0. The summed E-state index contributed by atoms with van der Waals surface area (Å²) >= 11 is 6.03. The van der Waals surface area contributed by atoms with E-state index in [1.165, 1.54) is 0 Å². The van der Waals surface area contributed by atoms with Gasteiger partial charge in [0.1, 0.15) is 11.3 Å². The van der Waals surface area contributed by atoms with E-state index in [4.69, 9.17) is 27.0 Å². The molecule has 0 aliphatic carbocycles. The zero-order chi connectivity index (χ0) is 15.0. The SMILES string of the molecule is Cc1c(C(N)c2ccc(C#N)cc2)oc2ccc(Cl)cc12. The summed E-state index contributed by atoms with van der Waals surface area (Å²) < 4.78 is 5.88. The van der Waals surface area contributed by atoms with Gasteiger partial charge in [-0.05, 0) is 42.8 Å². The first-order valence-electron chi connectivity index (χ1n) is 6.54. The fraction of sp³-hybridized carbons (Fsp3) is 0.118. The molecule has 0 radical (unpaired) electrons. The van der Waals surface area contributed by atoms with Crippen molar-refractivity contribution in [2.45, 2.75) is 13.0 Å². The van der Waals surface area contributed by atoms with Gasteiger partial charge in [-0.25, -0.2) is 0 Å². The summed E-state index contributed by atoms with van der Waals surface area (Å²) in [7, 11) is 0. The van der Waals surface area contributed by atoms with Crippen LogP contribution < -0.4 is 5.73 Å². The minimum absolute atomic E-state index is 0.371. The number of furan rings is 1. The zero-order valence-corrected chi connectivity index (χ0v) is 12.2. The monoisotopic (exact) mass is 296 g/mol. The van der Waals surface area contributed by atoms with Crippen LogP contribution in [-0.2, 0) is 0 Å². The Hall–Kier alpha value is -2.28. The quantitative estimate of drug-likeness (QED) is 0.766. The van der Waals surface area contributed by atoms with Crippen molar-refractivity contribution >= 4 is 22.6 Å². The van der Waals surface area contributed by atoms with Gasteiger partial charge in [0.25, 0.3) is 0 Å². The molecule has 3 nitrogen and oxygen atoms in total. The van der Waals surface area contributed by atoms with Crippen molar-refractivity contribution in [1.29, 1.82) is 5.26 Å². The Bertz CT molecular complexity index is 844. The van der Waals surface area contributed by atoms with Gasteiger partial charge < -0.3 is 10.2 Å². The van der Waals surface area contributed by atoms with Gasteiger partial charge in [0, 0.05) is 16.0 Å². The molecule has 1 heterocycles.